The average molecular weight is 165 g/mol. The molecule has 0 aliphatic heterocycles. The van der Waals surface area contributed by atoms with E-state index in [2.05, 4.69) is 19.0 Å². The first-order valence-electron chi connectivity index (χ1n) is 4.73. The summed E-state index contributed by atoms with van der Waals surface area (Å²) in [6, 6.07) is 0. The summed E-state index contributed by atoms with van der Waals surface area (Å²) < 4.78 is 5.01. The lowest BCUT2D eigenvalue weighted by molar-refractivity contribution is 0.399. The zero-order valence-corrected chi connectivity index (χ0v) is 7.71. The van der Waals surface area contributed by atoms with Crippen LogP contribution in [0.5, 0.6) is 0 Å². The molecule has 1 saturated carbocycles. The lowest BCUT2D eigenvalue weighted by Gasteiger charge is -2.25. The Bertz CT molecular complexity index is 261. The Kier molecular flexibility index (Phi) is 1.91. The van der Waals surface area contributed by atoms with Crippen molar-refractivity contribution in [2.45, 2.75) is 44.9 Å². The first-order chi connectivity index (χ1) is 5.79. The van der Waals surface area contributed by atoms with Crippen LogP contribution >= 0.6 is 0 Å². The summed E-state index contributed by atoms with van der Waals surface area (Å²) in [7, 11) is 0. The Labute approximate surface area is 72.9 Å². The zero-order chi connectivity index (χ0) is 8.55. The third-order valence-corrected chi connectivity index (χ3v) is 2.72. The molecule has 0 atom stereocenters. The van der Waals surface area contributed by atoms with Crippen molar-refractivity contribution in [3.8, 4) is 0 Å². The van der Waals surface area contributed by atoms with Crippen LogP contribution in [0.25, 0.3) is 0 Å². The van der Waals surface area contributed by atoms with Gasteiger partial charge in [0, 0.05) is 5.56 Å². The third kappa shape index (κ3) is 1.15. The summed E-state index contributed by atoms with van der Waals surface area (Å²) in [6.45, 7) is 4.33. The molecule has 1 aromatic rings. The maximum absolute atomic E-state index is 5.01. The molecule has 0 unspecified atom stereocenters. The molecule has 1 heterocycles. The highest BCUT2D eigenvalue weighted by Crippen LogP contribution is 2.39. The van der Waals surface area contributed by atoms with Crippen molar-refractivity contribution in [3.63, 3.8) is 0 Å². The van der Waals surface area contributed by atoms with Crippen LogP contribution in [-0.2, 0) is 0 Å². The van der Waals surface area contributed by atoms with Gasteiger partial charge in [0.15, 0.2) is 0 Å². The maximum atomic E-state index is 5.01. The third-order valence-electron chi connectivity index (χ3n) is 2.72. The van der Waals surface area contributed by atoms with Crippen molar-refractivity contribution < 1.29 is 4.52 Å². The Hall–Kier alpha value is -0.790. The van der Waals surface area contributed by atoms with Crippen LogP contribution < -0.4 is 0 Å². The molecule has 0 bridgehead atoms. The lowest BCUT2D eigenvalue weighted by atomic mass is 9.79. The second-order valence-electron chi connectivity index (χ2n) is 3.94. The topological polar surface area (TPSA) is 26.0 Å². The number of rotatable bonds is 2. The van der Waals surface area contributed by atoms with Crippen molar-refractivity contribution >= 4 is 0 Å². The maximum Gasteiger partial charge on any atom is 0.127 e. The minimum atomic E-state index is 0.499. The molecule has 1 fully saturated rings. The van der Waals surface area contributed by atoms with Crippen LogP contribution in [0.2, 0.25) is 0 Å². The molecule has 0 radical (unpaired) electrons. The van der Waals surface area contributed by atoms with Gasteiger partial charge in [-0.25, -0.2) is 0 Å². The number of aromatic nitrogens is 1. The summed E-state index contributed by atoms with van der Waals surface area (Å²) >= 11 is 0. The van der Waals surface area contributed by atoms with Crippen LogP contribution in [0, 0.1) is 0 Å². The summed E-state index contributed by atoms with van der Waals surface area (Å²) in [5.74, 6) is 1.24. The second-order valence-corrected chi connectivity index (χ2v) is 3.94. The number of hydrogen-bond acceptors (Lipinski definition) is 2. The second kappa shape index (κ2) is 2.92. The van der Waals surface area contributed by atoms with Gasteiger partial charge in [0.2, 0.25) is 0 Å². The van der Waals surface area contributed by atoms with Crippen LogP contribution in [-0.4, -0.2) is 5.16 Å². The van der Waals surface area contributed by atoms with E-state index in [-0.39, 0.29) is 0 Å². The van der Waals surface area contributed by atoms with Crippen molar-refractivity contribution in [2.75, 3.05) is 0 Å². The molecule has 0 N–H and O–H groups in total. The van der Waals surface area contributed by atoms with E-state index in [9.17, 15) is 0 Å². The van der Waals surface area contributed by atoms with E-state index in [1.807, 2.05) is 6.26 Å². The summed E-state index contributed by atoms with van der Waals surface area (Å²) in [5.41, 5.74) is 2.52. The van der Waals surface area contributed by atoms with Crippen molar-refractivity contribution in [1.29, 1.82) is 0 Å². The monoisotopic (exact) mass is 165 g/mol. The largest absolute Gasteiger partial charge is 0.364 e. The molecule has 2 heteroatoms. The fraction of sp³-hybridized carbons (Fsp3) is 0.700. The first kappa shape index (κ1) is 7.84. The van der Waals surface area contributed by atoms with Crippen molar-refractivity contribution in [2.24, 2.45) is 0 Å². The molecule has 0 saturated heterocycles. The van der Waals surface area contributed by atoms with Gasteiger partial charge in [-0.15, -0.1) is 0 Å². The predicted molar refractivity (Wildman–Crippen MR) is 47.2 cm³/mol. The van der Waals surface area contributed by atoms with Gasteiger partial charge in [-0.05, 0) is 24.7 Å². The molecule has 0 amide bonds. The summed E-state index contributed by atoms with van der Waals surface area (Å²) in [6.07, 6.45) is 5.84. The predicted octanol–water partition coefficient (Wildman–Crippen LogP) is 3.07. The highest BCUT2D eigenvalue weighted by molar-refractivity contribution is 5.24. The van der Waals surface area contributed by atoms with E-state index >= 15 is 0 Å². The molecule has 66 valence electrons. The molecule has 1 aliphatic carbocycles. The summed E-state index contributed by atoms with van der Waals surface area (Å²) in [4.78, 5) is 0. The zero-order valence-electron chi connectivity index (χ0n) is 7.71. The summed E-state index contributed by atoms with van der Waals surface area (Å²) in [5, 5.41) is 4.04. The molecule has 2 nitrogen and oxygen atoms in total. The molecule has 0 spiro atoms. The fourth-order valence-corrected chi connectivity index (χ4v) is 1.72. The Morgan fingerprint density at radius 1 is 1.50 bits per heavy atom. The van der Waals surface area contributed by atoms with E-state index in [4.69, 9.17) is 4.52 Å². The highest BCUT2D eigenvalue weighted by Gasteiger charge is 2.25. The quantitative estimate of drug-likeness (QED) is 0.673. The minimum absolute atomic E-state index is 0.499. The molecular formula is C10H15NO. The number of nitrogens with zero attached hydrogens (tertiary/aromatic N) is 1. The van der Waals surface area contributed by atoms with E-state index < -0.39 is 0 Å². The van der Waals surface area contributed by atoms with E-state index in [0.717, 1.165) is 5.92 Å². The van der Waals surface area contributed by atoms with Gasteiger partial charge in [-0.1, -0.05) is 25.4 Å². The molecule has 1 aromatic heterocycles. The Balaban J connectivity index is 2.23. The normalized spacial score (nSPS) is 18.2. The average Bonchev–Trinajstić information content (AvgIpc) is 2.31. The molecule has 12 heavy (non-hydrogen) atoms. The van der Waals surface area contributed by atoms with Crippen LogP contribution in [0.1, 0.15) is 56.2 Å². The van der Waals surface area contributed by atoms with Crippen LogP contribution in [0.4, 0.5) is 0 Å². The van der Waals surface area contributed by atoms with E-state index in [1.54, 1.807) is 0 Å². The highest BCUT2D eigenvalue weighted by atomic mass is 16.5. The van der Waals surface area contributed by atoms with Gasteiger partial charge in [0.05, 0.1) is 5.69 Å². The molecular weight excluding hydrogens is 150 g/mol. The van der Waals surface area contributed by atoms with Gasteiger partial charge in [-0.2, -0.15) is 0 Å². The van der Waals surface area contributed by atoms with E-state index in [0.29, 0.717) is 5.92 Å². The fourth-order valence-electron chi connectivity index (χ4n) is 1.72. The van der Waals surface area contributed by atoms with Crippen molar-refractivity contribution in [3.05, 3.63) is 17.5 Å². The SMILES string of the molecule is CC(C)c1nocc1C1CCC1. The van der Waals surface area contributed by atoms with Gasteiger partial charge >= 0.3 is 0 Å². The first-order valence-corrected chi connectivity index (χ1v) is 4.73. The van der Waals surface area contributed by atoms with Crippen LogP contribution in [0.3, 0.4) is 0 Å². The number of hydrogen-bond donors (Lipinski definition) is 0. The molecule has 0 aromatic carbocycles. The Morgan fingerprint density at radius 3 is 2.75 bits per heavy atom. The van der Waals surface area contributed by atoms with Gasteiger partial charge in [0.1, 0.15) is 6.26 Å². The Morgan fingerprint density at radius 2 is 2.25 bits per heavy atom. The smallest absolute Gasteiger partial charge is 0.127 e. The van der Waals surface area contributed by atoms with Crippen molar-refractivity contribution in [1.82, 2.24) is 5.16 Å². The van der Waals surface area contributed by atoms with Gasteiger partial charge < -0.3 is 4.52 Å². The standard InChI is InChI=1S/C10H15NO/c1-7(2)10-9(6-12-11-10)8-4-3-5-8/h6-8H,3-5H2,1-2H3. The molecule has 2 rings (SSSR count). The lowest BCUT2D eigenvalue weighted by Crippen LogP contribution is -2.10. The molecule has 1 aliphatic rings. The van der Waals surface area contributed by atoms with Gasteiger partial charge in [0.25, 0.3) is 0 Å². The van der Waals surface area contributed by atoms with Gasteiger partial charge in [-0.3, -0.25) is 0 Å². The van der Waals surface area contributed by atoms with Crippen LogP contribution in [0.15, 0.2) is 10.8 Å². The minimum Gasteiger partial charge on any atom is -0.364 e. The van der Waals surface area contributed by atoms with E-state index in [1.165, 1.54) is 30.5 Å².